The van der Waals surface area contributed by atoms with Crippen LogP contribution in [0.25, 0.3) is 74.7 Å². The van der Waals surface area contributed by atoms with Crippen molar-refractivity contribution in [2.75, 3.05) is 4.90 Å². The summed E-state index contributed by atoms with van der Waals surface area (Å²) in [5.74, 6) is 0. The van der Waals surface area contributed by atoms with Crippen LogP contribution >= 0.6 is 11.3 Å². The number of benzene rings is 9. The fourth-order valence-corrected chi connectivity index (χ4v) is 9.76. The van der Waals surface area contributed by atoms with Crippen molar-refractivity contribution in [2.45, 2.75) is 6.42 Å². The molecule has 0 fully saturated rings. The molecule has 10 aromatic rings. The summed E-state index contributed by atoms with van der Waals surface area (Å²) >= 11 is 1.89. The molecule has 1 aliphatic carbocycles. The highest BCUT2D eigenvalue weighted by Gasteiger charge is 2.26. The average molecular weight is 666 g/mol. The van der Waals surface area contributed by atoms with E-state index >= 15 is 0 Å². The van der Waals surface area contributed by atoms with Crippen molar-refractivity contribution < 1.29 is 0 Å². The number of anilines is 3. The lowest BCUT2D eigenvalue weighted by atomic mass is 9.94. The standard InChI is InChI=1S/C49H31NS/c1-3-15-36-31(12-1)14-11-22-37(36)32-24-26-35(27-25-32)50(44-29-34-28-33-13-2-4-16-38(33)48(34)41-19-7-5-17-39(41)44)45-30-47-49(42-20-8-6-18-40(42)45)43-21-9-10-23-46(43)51-47/h1-27,29-30H,28H2. The molecular weight excluding hydrogens is 635 g/mol. The minimum absolute atomic E-state index is 0.938. The van der Waals surface area contributed by atoms with E-state index in [4.69, 9.17) is 0 Å². The molecule has 11 rings (SSSR count). The largest absolute Gasteiger partial charge is 0.309 e. The van der Waals surface area contributed by atoms with E-state index in [1.165, 1.54) is 97.2 Å². The highest BCUT2D eigenvalue weighted by atomic mass is 32.1. The fourth-order valence-electron chi connectivity index (χ4n) is 8.61. The second-order valence-electron chi connectivity index (χ2n) is 13.6. The van der Waals surface area contributed by atoms with Crippen LogP contribution in [0.4, 0.5) is 17.1 Å². The lowest BCUT2D eigenvalue weighted by Crippen LogP contribution is -2.12. The lowest BCUT2D eigenvalue weighted by molar-refractivity contribution is 1.25. The minimum atomic E-state index is 0.938. The van der Waals surface area contributed by atoms with Gasteiger partial charge in [0.2, 0.25) is 0 Å². The van der Waals surface area contributed by atoms with E-state index in [1.54, 1.807) is 0 Å². The van der Waals surface area contributed by atoms with Gasteiger partial charge in [-0.15, -0.1) is 11.3 Å². The summed E-state index contributed by atoms with van der Waals surface area (Å²) in [6.45, 7) is 0. The second-order valence-corrected chi connectivity index (χ2v) is 14.7. The van der Waals surface area contributed by atoms with Gasteiger partial charge in [-0.2, -0.15) is 0 Å². The van der Waals surface area contributed by atoms with Crippen molar-refractivity contribution in [3.8, 4) is 22.3 Å². The molecule has 1 nitrogen and oxygen atoms in total. The lowest BCUT2D eigenvalue weighted by Gasteiger charge is -2.29. The Balaban J connectivity index is 1.20. The Labute approximate surface area is 300 Å². The van der Waals surface area contributed by atoms with Crippen LogP contribution in [0.15, 0.2) is 176 Å². The quantitative estimate of drug-likeness (QED) is 0.181. The van der Waals surface area contributed by atoms with Crippen LogP contribution in [0.3, 0.4) is 0 Å². The highest BCUT2D eigenvalue weighted by Crippen LogP contribution is 2.51. The van der Waals surface area contributed by atoms with Gasteiger partial charge in [-0.3, -0.25) is 0 Å². The first-order valence-electron chi connectivity index (χ1n) is 17.6. The molecule has 0 radical (unpaired) electrons. The number of fused-ring (bicyclic) bond motifs is 11. The molecule has 0 unspecified atom stereocenters. The van der Waals surface area contributed by atoms with Crippen molar-refractivity contribution in [1.29, 1.82) is 0 Å². The van der Waals surface area contributed by atoms with Crippen molar-refractivity contribution in [2.24, 2.45) is 0 Å². The third-order valence-electron chi connectivity index (χ3n) is 10.8. The third kappa shape index (κ3) is 4.33. The van der Waals surface area contributed by atoms with E-state index in [0.717, 1.165) is 12.1 Å². The van der Waals surface area contributed by atoms with Gasteiger partial charge in [0, 0.05) is 36.6 Å². The molecule has 1 aliphatic rings. The van der Waals surface area contributed by atoms with Crippen molar-refractivity contribution in [3.05, 3.63) is 187 Å². The second kappa shape index (κ2) is 11.1. The van der Waals surface area contributed by atoms with Crippen molar-refractivity contribution in [3.63, 3.8) is 0 Å². The SMILES string of the molecule is c1ccc2c(c1)Cc1cc(N(c3ccc(-c4cccc5ccccc45)cc3)c3cc4sc5ccccc5c4c4ccccc34)c3ccccc3c1-2. The minimum Gasteiger partial charge on any atom is -0.309 e. The molecule has 0 spiro atoms. The molecule has 0 saturated heterocycles. The zero-order valence-electron chi connectivity index (χ0n) is 27.8. The summed E-state index contributed by atoms with van der Waals surface area (Å²) in [6.07, 6.45) is 0.938. The Morgan fingerprint density at radius 1 is 0.412 bits per heavy atom. The van der Waals surface area contributed by atoms with Gasteiger partial charge in [-0.1, -0.05) is 146 Å². The van der Waals surface area contributed by atoms with Crippen LogP contribution in [0.2, 0.25) is 0 Å². The monoisotopic (exact) mass is 665 g/mol. The molecule has 9 aromatic carbocycles. The Morgan fingerprint density at radius 3 is 1.86 bits per heavy atom. The summed E-state index contributed by atoms with van der Waals surface area (Å²) in [6, 6.07) is 65.2. The average Bonchev–Trinajstić information content (AvgIpc) is 3.77. The Morgan fingerprint density at radius 2 is 1.02 bits per heavy atom. The van der Waals surface area contributed by atoms with Crippen molar-refractivity contribution >= 4 is 80.9 Å². The molecule has 0 atom stereocenters. The molecule has 0 bridgehead atoms. The zero-order valence-corrected chi connectivity index (χ0v) is 28.6. The number of rotatable bonds is 4. The van der Waals surface area contributed by atoms with E-state index in [1.807, 2.05) is 11.3 Å². The first-order chi connectivity index (χ1) is 25.3. The van der Waals surface area contributed by atoms with Gasteiger partial charge in [0.15, 0.2) is 0 Å². The van der Waals surface area contributed by atoms with Gasteiger partial charge >= 0.3 is 0 Å². The predicted molar refractivity (Wildman–Crippen MR) is 220 cm³/mol. The van der Waals surface area contributed by atoms with E-state index in [-0.39, 0.29) is 0 Å². The van der Waals surface area contributed by atoms with Gasteiger partial charge in [0.25, 0.3) is 0 Å². The smallest absolute Gasteiger partial charge is 0.0554 e. The predicted octanol–water partition coefficient (Wildman–Crippen LogP) is 14.2. The topological polar surface area (TPSA) is 3.24 Å². The van der Waals surface area contributed by atoms with Crippen LogP contribution < -0.4 is 4.90 Å². The Hall–Kier alpha value is -6.22. The van der Waals surface area contributed by atoms with Crippen LogP contribution in [-0.4, -0.2) is 0 Å². The maximum absolute atomic E-state index is 2.53. The highest BCUT2D eigenvalue weighted by molar-refractivity contribution is 7.26. The number of thiophene rings is 1. The maximum atomic E-state index is 2.53. The molecule has 0 aliphatic heterocycles. The zero-order chi connectivity index (χ0) is 33.5. The first-order valence-corrected chi connectivity index (χ1v) is 18.5. The fraction of sp³-hybridized carbons (Fsp3) is 0.0204. The van der Waals surface area contributed by atoms with Crippen molar-refractivity contribution in [1.82, 2.24) is 0 Å². The molecule has 0 saturated carbocycles. The molecule has 1 aromatic heterocycles. The first kappa shape index (κ1) is 28.6. The summed E-state index contributed by atoms with van der Waals surface area (Å²) in [7, 11) is 0. The van der Waals surface area contributed by atoms with Crippen LogP contribution in [-0.2, 0) is 6.42 Å². The number of nitrogens with zero attached hydrogens (tertiary/aromatic N) is 1. The van der Waals surface area contributed by atoms with E-state index in [2.05, 4.69) is 181 Å². The molecule has 51 heavy (non-hydrogen) atoms. The summed E-state index contributed by atoms with van der Waals surface area (Å²) in [4.78, 5) is 2.53. The normalized spacial score (nSPS) is 12.2. The van der Waals surface area contributed by atoms with Gasteiger partial charge in [0.1, 0.15) is 0 Å². The molecule has 2 heteroatoms. The molecule has 0 amide bonds. The number of hydrogen-bond acceptors (Lipinski definition) is 2. The van der Waals surface area contributed by atoms with Crippen LogP contribution in [0.5, 0.6) is 0 Å². The summed E-state index contributed by atoms with van der Waals surface area (Å²) in [5.41, 5.74) is 11.5. The van der Waals surface area contributed by atoms with Crippen LogP contribution in [0.1, 0.15) is 11.1 Å². The van der Waals surface area contributed by atoms with E-state index in [9.17, 15) is 0 Å². The summed E-state index contributed by atoms with van der Waals surface area (Å²) < 4.78 is 2.63. The summed E-state index contributed by atoms with van der Waals surface area (Å²) in [5, 5.41) is 10.3. The van der Waals surface area contributed by atoms with Gasteiger partial charge in [-0.25, -0.2) is 0 Å². The Bertz CT molecular complexity index is 3000. The third-order valence-corrected chi connectivity index (χ3v) is 12.0. The molecular formula is C49H31NS. The molecule has 0 N–H and O–H groups in total. The van der Waals surface area contributed by atoms with E-state index < -0.39 is 0 Å². The van der Waals surface area contributed by atoms with E-state index in [0.29, 0.717) is 0 Å². The van der Waals surface area contributed by atoms with Gasteiger partial charge in [-0.05, 0) is 91.7 Å². The maximum Gasteiger partial charge on any atom is 0.0554 e. The molecule has 238 valence electrons. The Kier molecular flexibility index (Phi) is 6.25. The molecule has 1 heterocycles. The van der Waals surface area contributed by atoms with Gasteiger partial charge < -0.3 is 4.90 Å². The number of hydrogen-bond donors (Lipinski definition) is 0. The van der Waals surface area contributed by atoms with Gasteiger partial charge in [0.05, 0.1) is 11.4 Å². The van der Waals surface area contributed by atoms with Crippen LogP contribution in [0, 0.1) is 0 Å².